The molecule has 0 saturated heterocycles. The predicted molar refractivity (Wildman–Crippen MR) is 69.7 cm³/mol. The zero-order chi connectivity index (χ0) is 11.8. The number of hydrogen-bond donors (Lipinski definition) is 1. The van der Waals surface area contributed by atoms with Crippen molar-refractivity contribution in [2.75, 3.05) is 0 Å². The topological polar surface area (TPSA) is 40.5 Å². The SMILES string of the molecule is C[C@]1(O)C(I)=CC(=O)N1Cc1ccccc1. The largest absolute Gasteiger partial charge is 0.366 e. The fourth-order valence-corrected chi connectivity index (χ4v) is 2.22. The Hall–Kier alpha value is -0.880. The third kappa shape index (κ3) is 1.99. The van der Waals surface area contributed by atoms with Crippen molar-refractivity contribution in [2.24, 2.45) is 0 Å². The lowest BCUT2D eigenvalue weighted by atomic mass is 10.2. The zero-order valence-electron chi connectivity index (χ0n) is 8.85. The molecule has 16 heavy (non-hydrogen) atoms. The third-order valence-electron chi connectivity index (χ3n) is 2.68. The van der Waals surface area contributed by atoms with Gasteiger partial charge in [0.2, 0.25) is 5.91 Å². The second kappa shape index (κ2) is 4.18. The summed E-state index contributed by atoms with van der Waals surface area (Å²) in [6.07, 6.45) is 1.48. The Bertz CT molecular complexity index is 440. The third-order valence-corrected chi connectivity index (χ3v) is 4.01. The lowest BCUT2D eigenvalue weighted by Gasteiger charge is -2.31. The van der Waals surface area contributed by atoms with E-state index in [0.29, 0.717) is 10.1 Å². The quantitative estimate of drug-likeness (QED) is 0.844. The Kier molecular flexibility index (Phi) is 3.03. The van der Waals surface area contributed by atoms with E-state index < -0.39 is 5.72 Å². The van der Waals surface area contributed by atoms with E-state index in [1.54, 1.807) is 6.92 Å². The minimum atomic E-state index is -1.17. The Labute approximate surface area is 108 Å². The standard InChI is InChI=1S/C12H12INO2/c1-12(16)10(13)7-11(15)14(12)8-9-5-3-2-4-6-9/h2-7,16H,8H2,1H3/t12-/m0/s1. The van der Waals surface area contributed by atoms with Gasteiger partial charge in [-0.2, -0.15) is 0 Å². The van der Waals surface area contributed by atoms with Gasteiger partial charge < -0.3 is 10.0 Å². The Balaban J connectivity index is 2.21. The Morgan fingerprint density at radius 2 is 2.00 bits per heavy atom. The van der Waals surface area contributed by atoms with Crippen LogP contribution in [0.5, 0.6) is 0 Å². The van der Waals surface area contributed by atoms with E-state index in [0.717, 1.165) is 5.56 Å². The highest BCUT2D eigenvalue weighted by atomic mass is 127. The van der Waals surface area contributed by atoms with Crippen molar-refractivity contribution in [3.63, 3.8) is 0 Å². The first-order chi connectivity index (χ1) is 7.51. The molecule has 1 aliphatic rings. The molecule has 1 amide bonds. The highest BCUT2D eigenvalue weighted by Gasteiger charge is 2.40. The predicted octanol–water partition coefficient (Wildman–Crippen LogP) is 2.06. The Morgan fingerprint density at radius 1 is 1.38 bits per heavy atom. The summed E-state index contributed by atoms with van der Waals surface area (Å²) in [5.74, 6) is -0.141. The summed E-state index contributed by atoms with van der Waals surface area (Å²) in [5.41, 5.74) is -0.163. The summed E-state index contributed by atoms with van der Waals surface area (Å²) >= 11 is 2.00. The molecule has 4 heteroatoms. The number of nitrogens with zero attached hydrogens (tertiary/aromatic N) is 1. The molecule has 0 saturated carbocycles. The number of benzene rings is 1. The monoisotopic (exact) mass is 329 g/mol. The summed E-state index contributed by atoms with van der Waals surface area (Å²) in [6.45, 7) is 2.06. The highest BCUT2D eigenvalue weighted by Crippen LogP contribution is 2.34. The van der Waals surface area contributed by atoms with Gasteiger partial charge in [0.05, 0.1) is 0 Å². The average Bonchev–Trinajstić information content (AvgIpc) is 2.43. The molecular formula is C12H12INO2. The summed E-state index contributed by atoms with van der Waals surface area (Å²) in [7, 11) is 0. The molecule has 0 unspecified atom stereocenters. The second-order valence-corrected chi connectivity index (χ2v) is 5.09. The van der Waals surface area contributed by atoms with Crippen LogP contribution in [-0.4, -0.2) is 21.6 Å². The maximum absolute atomic E-state index is 11.7. The van der Waals surface area contributed by atoms with Crippen molar-refractivity contribution in [2.45, 2.75) is 19.2 Å². The zero-order valence-corrected chi connectivity index (χ0v) is 11.0. The van der Waals surface area contributed by atoms with Crippen molar-refractivity contribution < 1.29 is 9.90 Å². The van der Waals surface area contributed by atoms with Crippen LogP contribution in [0.25, 0.3) is 0 Å². The first kappa shape index (κ1) is 11.6. The van der Waals surface area contributed by atoms with Crippen LogP contribution in [0.15, 0.2) is 40.0 Å². The summed E-state index contributed by atoms with van der Waals surface area (Å²) in [4.78, 5) is 13.2. The van der Waals surface area contributed by atoms with Gasteiger partial charge in [-0.1, -0.05) is 30.3 Å². The van der Waals surface area contributed by atoms with Gasteiger partial charge in [-0.3, -0.25) is 4.79 Å². The number of halogens is 1. The Morgan fingerprint density at radius 3 is 2.50 bits per heavy atom. The second-order valence-electron chi connectivity index (χ2n) is 3.92. The van der Waals surface area contributed by atoms with Gasteiger partial charge in [-0.05, 0) is 35.1 Å². The molecule has 0 spiro atoms. The van der Waals surface area contributed by atoms with Crippen molar-refractivity contribution >= 4 is 28.5 Å². The van der Waals surface area contributed by atoms with Crippen LogP contribution in [0, 0.1) is 0 Å². The molecule has 84 valence electrons. The minimum Gasteiger partial charge on any atom is -0.366 e. The fraction of sp³-hybridized carbons (Fsp3) is 0.250. The molecule has 0 fully saturated rings. The van der Waals surface area contributed by atoms with Gasteiger partial charge in [0.15, 0.2) is 5.72 Å². The number of carbonyl (C=O) groups excluding carboxylic acids is 1. The maximum Gasteiger partial charge on any atom is 0.250 e. The van der Waals surface area contributed by atoms with Gasteiger partial charge in [-0.15, -0.1) is 0 Å². The number of carbonyl (C=O) groups is 1. The van der Waals surface area contributed by atoms with Crippen LogP contribution < -0.4 is 0 Å². The molecule has 0 aromatic heterocycles. The lowest BCUT2D eigenvalue weighted by molar-refractivity contribution is -0.140. The highest BCUT2D eigenvalue weighted by molar-refractivity contribution is 14.1. The molecule has 1 atom stereocenters. The molecular weight excluding hydrogens is 317 g/mol. The van der Waals surface area contributed by atoms with E-state index in [9.17, 15) is 9.90 Å². The summed E-state index contributed by atoms with van der Waals surface area (Å²) < 4.78 is 0.658. The molecule has 1 heterocycles. The molecule has 1 aliphatic heterocycles. The van der Waals surface area contributed by atoms with Gasteiger partial charge in [-0.25, -0.2) is 0 Å². The van der Waals surface area contributed by atoms with Crippen molar-refractivity contribution in [3.8, 4) is 0 Å². The van der Waals surface area contributed by atoms with Crippen LogP contribution in [0.4, 0.5) is 0 Å². The van der Waals surface area contributed by atoms with E-state index in [1.807, 2.05) is 52.9 Å². The van der Waals surface area contributed by atoms with Crippen LogP contribution in [-0.2, 0) is 11.3 Å². The van der Waals surface area contributed by atoms with Crippen LogP contribution in [0.1, 0.15) is 12.5 Å². The first-order valence-electron chi connectivity index (χ1n) is 4.97. The van der Waals surface area contributed by atoms with E-state index in [4.69, 9.17) is 0 Å². The van der Waals surface area contributed by atoms with E-state index >= 15 is 0 Å². The smallest absolute Gasteiger partial charge is 0.250 e. The van der Waals surface area contributed by atoms with Crippen molar-refractivity contribution in [3.05, 3.63) is 45.6 Å². The molecule has 1 N–H and O–H groups in total. The van der Waals surface area contributed by atoms with Crippen molar-refractivity contribution in [1.82, 2.24) is 4.90 Å². The van der Waals surface area contributed by atoms with Gasteiger partial charge in [0.1, 0.15) is 0 Å². The van der Waals surface area contributed by atoms with Crippen LogP contribution in [0.2, 0.25) is 0 Å². The van der Waals surface area contributed by atoms with E-state index in [-0.39, 0.29) is 5.91 Å². The average molecular weight is 329 g/mol. The molecule has 0 bridgehead atoms. The molecule has 1 aromatic carbocycles. The van der Waals surface area contributed by atoms with E-state index in [1.165, 1.54) is 11.0 Å². The van der Waals surface area contributed by atoms with Crippen LogP contribution >= 0.6 is 22.6 Å². The number of amides is 1. The number of aliphatic hydroxyl groups is 1. The summed E-state index contributed by atoms with van der Waals surface area (Å²) in [6, 6.07) is 9.64. The normalized spacial score (nSPS) is 24.8. The van der Waals surface area contributed by atoms with E-state index in [2.05, 4.69) is 0 Å². The number of hydrogen-bond acceptors (Lipinski definition) is 2. The lowest BCUT2D eigenvalue weighted by Crippen LogP contribution is -2.44. The summed E-state index contributed by atoms with van der Waals surface area (Å²) in [5, 5.41) is 10.2. The molecule has 1 aromatic rings. The molecule has 3 nitrogen and oxygen atoms in total. The fourth-order valence-electron chi connectivity index (χ4n) is 1.66. The maximum atomic E-state index is 11.7. The van der Waals surface area contributed by atoms with Gasteiger partial charge in [0.25, 0.3) is 0 Å². The molecule has 2 rings (SSSR count). The van der Waals surface area contributed by atoms with Gasteiger partial charge in [0, 0.05) is 16.2 Å². The molecule has 0 radical (unpaired) electrons. The van der Waals surface area contributed by atoms with Gasteiger partial charge >= 0.3 is 0 Å². The first-order valence-corrected chi connectivity index (χ1v) is 6.05. The van der Waals surface area contributed by atoms with Crippen molar-refractivity contribution in [1.29, 1.82) is 0 Å². The minimum absolute atomic E-state index is 0.141. The molecule has 0 aliphatic carbocycles. The number of rotatable bonds is 2. The van der Waals surface area contributed by atoms with Crippen LogP contribution in [0.3, 0.4) is 0 Å².